The van der Waals surface area contributed by atoms with E-state index in [1.807, 2.05) is 0 Å². The molecule has 1 amide bonds. The summed E-state index contributed by atoms with van der Waals surface area (Å²) < 4.78 is 26.3. The number of likely N-dealkylation sites (N-methyl/N-ethyl adjacent to an activating group) is 1. The molecule has 1 rings (SSSR count). The number of nitrogens with one attached hydrogen (secondary N) is 2. The Bertz CT molecular complexity index is 511. The number of carbonyl (C=O) groups excluding carboxylic acids is 1. The number of sulfonamides is 1. The molecule has 1 aromatic rings. The van der Waals surface area contributed by atoms with Gasteiger partial charge in [-0.3, -0.25) is 4.79 Å². The van der Waals surface area contributed by atoms with Crippen molar-refractivity contribution in [2.45, 2.75) is 24.8 Å². The fourth-order valence-corrected chi connectivity index (χ4v) is 2.87. The number of rotatable bonds is 4. The Labute approximate surface area is 101 Å². The average Bonchev–Trinajstić information content (AvgIpc) is 2.27. The van der Waals surface area contributed by atoms with E-state index in [1.54, 1.807) is 25.1 Å². The molecule has 0 radical (unpaired) electrons. The van der Waals surface area contributed by atoms with Gasteiger partial charge in [-0.25, -0.2) is 8.42 Å². The van der Waals surface area contributed by atoms with E-state index in [9.17, 15) is 13.2 Å². The Kier molecular flexibility index (Phi) is 4.25. The van der Waals surface area contributed by atoms with Gasteiger partial charge in [-0.15, -0.1) is 0 Å². The van der Waals surface area contributed by atoms with Crippen molar-refractivity contribution in [1.29, 1.82) is 0 Å². The summed E-state index contributed by atoms with van der Waals surface area (Å²) in [6.45, 7) is 3.20. The molecule has 0 spiro atoms. The maximum atomic E-state index is 12.0. The van der Waals surface area contributed by atoms with E-state index >= 15 is 0 Å². The summed E-state index contributed by atoms with van der Waals surface area (Å²) in [7, 11) is -2.20. The second kappa shape index (κ2) is 5.29. The van der Waals surface area contributed by atoms with E-state index in [1.165, 1.54) is 20.0 Å². The highest BCUT2D eigenvalue weighted by molar-refractivity contribution is 7.89. The normalized spacial score (nSPS) is 13.1. The molecular weight excluding hydrogens is 240 g/mol. The number of amides is 1. The Morgan fingerprint density at radius 2 is 1.88 bits per heavy atom. The number of hydrogen-bond donors (Lipinski definition) is 2. The molecule has 0 heterocycles. The molecule has 1 atom stereocenters. The fraction of sp³-hybridized carbons (Fsp3) is 0.364. The highest BCUT2D eigenvalue weighted by Gasteiger charge is 2.22. The van der Waals surface area contributed by atoms with Crippen LogP contribution in [0.4, 0.5) is 0 Å². The number of benzene rings is 1. The lowest BCUT2D eigenvalue weighted by atomic mass is 10.2. The van der Waals surface area contributed by atoms with Crippen LogP contribution in [0.25, 0.3) is 0 Å². The van der Waals surface area contributed by atoms with Crippen molar-refractivity contribution in [2.24, 2.45) is 0 Å². The van der Waals surface area contributed by atoms with E-state index < -0.39 is 16.1 Å². The standard InChI is InChI=1S/C11H16N2O3S/c1-8-6-4-5-7-10(8)17(15,16)13-9(2)11(14)12-3/h4-7,9,13H,1-3H3,(H,12,14). The number of aryl methyl sites for hydroxylation is 1. The molecule has 0 fully saturated rings. The highest BCUT2D eigenvalue weighted by atomic mass is 32.2. The average molecular weight is 256 g/mol. The van der Waals surface area contributed by atoms with Gasteiger partial charge in [0.05, 0.1) is 10.9 Å². The van der Waals surface area contributed by atoms with Gasteiger partial charge in [-0.1, -0.05) is 18.2 Å². The molecule has 0 aliphatic carbocycles. The van der Waals surface area contributed by atoms with Gasteiger partial charge in [0.25, 0.3) is 0 Å². The minimum atomic E-state index is -3.66. The van der Waals surface area contributed by atoms with Crippen molar-refractivity contribution >= 4 is 15.9 Å². The highest BCUT2D eigenvalue weighted by Crippen LogP contribution is 2.14. The lowest BCUT2D eigenvalue weighted by molar-refractivity contribution is -0.121. The maximum absolute atomic E-state index is 12.0. The molecule has 2 N–H and O–H groups in total. The molecule has 0 aliphatic heterocycles. The van der Waals surface area contributed by atoms with Crippen LogP contribution >= 0.6 is 0 Å². The first kappa shape index (κ1) is 13.7. The van der Waals surface area contributed by atoms with E-state index in [2.05, 4.69) is 10.0 Å². The summed E-state index contributed by atoms with van der Waals surface area (Å²) in [6, 6.07) is 5.82. The Balaban J connectivity index is 2.98. The molecule has 1 aromatic carbocycles. The molecule has 0 bridgehead atoms. The molecule has 0 saturated heterocycles. The summed E-state index contributed by atoms with van der Waals surface area (Å²) in [5, 5.41) is 2.39. The lowest BCUT2D eigenvalue weighted by Gasteiger charge is -2.13. The van der Waals surface area contributed by atoms with Gasteiger partial charge in [-0.05, 0) is 25.5 Å². The van der Waals surface area contributed by atoms with Crippen molar-refractivity contribution in [3.8, 4) is 0 Å². The molecule has 1 unspecified atom stereocenters. The zero-order valence-corrected chi connectivity index (χ0v) is 10.8. The molecule has 0 saturated carbocycles. The molecular formula is C11H16N2O3S. The molecule has 17 heavy (non-hydrogen) atoms. The van der Waals surface area contributed by atoms with E-state index in [0.29, 0.717) is 5.56 Å². The van der Waals surface area contributed by atoms with Gasteiger partial charge in [0.2, 0.25) is 15.9 Å². The smallest absolute Gasteiger partial charge is 0.241 e. The molecule has 6 heteroatoms. The minimum absolute atomic E-state index is 0.191. The van der Waals surface area contributed by atoms with Gasteiger partial charge in [0, 0.05) is 7.05 Å². The van der Waals surface area contributed by atoms with Gasteiger partial charge in [0.15, 0.2) is 0 Å². The third kappa shape index (κ3) is 3.28. The molecule has 0 aliphatic rings. The third-order valence-corrected chi connectivity index (χ3v) is 4.06. The largest absolute Gasteiger partial charge is 0.358 e. The SMILES string of the molecule is CNC(=O)C(C)NS(=O)(=O)c1ccccc1C. The van der Waals surface area contributed by atoms with Gasteiger partial charge >= 0.3 is 0 Å². The summed E-state index contributed by atoms with van der Waals surface area (Å²) in [5.74, 6) is -0.373. The Hall–Kier alpha value is -1.40. The van der Waals surface area contributed by atoms with Crippen molar-refractivity contribution in [1.82, 2.24) is 10.0 Å². The maximum Gasteiger partial charge on any atom is 0.241 e. The van der Waals surface area contributed by atoms with Gasteiger partial charge in [0.1, 0.15) is 0 Å². The Morgan fingerprint density at radius 1 is 1.29 bits per heavy atom. The second-order valence-electron chi connectivity index (χ2n) is 3.72. The summed E-state index contributed by atoms with van der Waals surface area (Å²) in [6.07, 6.45) is 0. The van der Waals surface area contributed by atoms with Crippen LogP contribution in [-0.4, -0.2) is 27.4 Å². The van der Waals surface area contributed by atoms with Gasteiger partial charge in [-0.2, -0.15) is 4.72 Å². The zero-order valence-electron chi connectivity index (χ0n) is 10.0. The monoisotopic (exact) mass is 256 g/mol. The quantitative estimate of drug-likeness (QED) is 0.819. The van der Waals surface area contributed by atoms with E-state index in [4.69, 9.17) is 0 Å². The van der Waals surface area contributed by atoms with Crippen LogP contribution in [0.5, 0.6) is 0 Å². The first-order valence-corrected chi connectivity index (χ1v) is 6.66. The summed E-state index contributed by atoms with van der Waals surface area (Å²) >= 11 is 0. The summed E-state index contributed by atoms with van der Waals surface area (Å²) in [4.78, 5) is 11.5. The van der Waals surface area contributed by atoms with Crippen molar-refractivity contribution in [3.05, 3.63) is 29.8 Å². The van der Waals surface area contributed by atoms with Crippen LogP contribution in [0.1, 0.15) is 12.5 Å². The minimum Gasteiger partial charge on any atom is -0.358 e. The van der Waals surface area contributed by atoms with Crippen LogP contribution in [-0.2, 0) is 14.8 Å². The van der Waals surface area contributed by atoms with E-state index in [-0.39, 0.29) is 10.8 Å². The number of hydrogen-bond acceptors (Lipinski definition) is 3. The predicted molar refractivity (Wildman–Crippen MR) is 65.0 cm³/mol. The van der Waals surface area contributed by atoms with Crippen LogP contribution < -0.4 is 10.0 Å². The van der Waals surface area contributed by atoms with Crippen molar-refractivity contribution in [3.63, 3.8) is 0 Å². The first-order valence-electron chi connectivity index (χ1n) is 5.18. The third-order valence-electron chi connectivity index (χ3n) is 2.35. The topological polar surface area (TPSA) is 75.3 Å². The summed E-state index contributed by atoms with van der Waals surface area (Å²) in [5.41, 5.74) is 0.643. The zero-order chi connectivity index (χ0) is 13.1. The molecule has 0 aromatic heterocycles. The van der Waals surface area contributed by atoms with Gasteiger partial charge < -0.3 is 5.32 Å². The predicted octanol–water partition coefficient (Wildman–Crippen LogP) is 0.408. The van der Waals surface area contributed by atoms with Crippen molar-refractivity contribution < 1.29 is 13.2 Å². The van der Waals surface area contributed by atoms with Crippen molar-refractivity contribution in [2.75, 3.05) is 7.05 Å². The van der Waals surface area contributed by atoms with Crippen LogP contribution in [0, 0.1) is 6.92 Å². The van der Waals surface area contributed by atoms with E-state index in [0.717, 1.165) is 0 Å². The molecule has 5 nitrogen and oxygen atoms in total. The van der Waals surface area contributed by atoms with Crippen LogP contribution in [0.2, 0.25) is 0 Å². The second-order valence-corrected chi connectivity index (χ2v) is 5.41. The van der Waals surface area contributed by atoms with Crippen LogP contribution in [0.3, 0.4) is 0 Å². The first-order chi connectivity index (χ1) is 7.88. The lowest BCUT2D eigenvalue weighted by Crippen LogP contribution is -2.43. The Morgan fingerprint density at radius 3 is 2.41 bits per heavy atom. The molecule has 94 valence electrons. The fourth-order valence-electron chi connectivity index (χ4n) is 1.42. The van der Waals surface area contributed by atoms with Crippen LogP contribution in [0.15, 0.2) is 29.2 Å². The number of carbonyl (C=O) groups is 1.